The molecule has 0 fully saturated rings. The van der Waals surface area contributed by atoms with Crippen LogP contribution >= 0.6 is 0 Å². The van der Waals surface area contributed by atoms with Crippen LogP contribution in [-0.2, 0) is 17.8 Å². The largest absolute Gasteiger partial charge is 0.344 e. The molecule has 0 aliphatic rings. The fourth-order valence-corrected chi connectivity index (χ4v) is 2.08. The number of carbonyl (C=O) groups excluding carboxylic acids is 2. The van der Waals surface area contributed by atoms with E-state index < -0.39 is 0 Å². The minimum atomic E-state index is -0.356. The van der Waals surface area contributed by atoms with Gasteiger partial charge in [-0.2, -0.15) is 0 Å². The zero-order valence-corrected chi connectivity index (χ0v) is 13.7. The van der Waals surface area contributed by atoms with Gasteiger partial charge in [0.15, 0.2) is 0 Å². The number of urea groups is 1. The second kappa shape index (κ2) is 9.29. The van der Waals surface area contributed by atoms with Gasteiger partial charge in [0, 0.05) is 38.4 Å². The van der Waals surface area contributed by atoms with E-state index in [2.05, 4.69) is 15.6 Å². The molecule has 3 amide bonds. The van der Waals surface area contributed by atoms with Crippen LogP contribution in [0.1, 0.15) is 11.3 Å². The van der Waals surface area contributed by atoms with Crippen LogP contribution in [0.15, 0.2) is 54.7 Å². The van der Waals surface area contributed by atoms with Crippen LogP contribution in [0.4, 0.5) is 4.79 Å². The highest BCUT2D eigenvalue weighted by Crippen LogP contribution is 1.98. The van der Waals surface area contributed by atoms with E-state index in [1.54, 1.807) is 18.1 Å². The zero-order chi connectivity index (χ0) is 17.2. The Labute approximate surface area is 141 Å². The van der Waals surface area contributed by atoms with Gasteiger partial charge in [-0.25, -0.2) is 4.79 Å². The van der Waals surface area contributed by atoms with E-state index >= 15 is 0 Å². The average molecular weight is 326 g/mol. The number of hydrogen-bond donors (Lipinski definition) is 2. The Hall–Kier alpha value is -2.89. The molecule has 0 atom stereocenters. The van der Waals surface area contributed by atoms with Gasteiger partial charge in [-0.3, -0.25) is 9.78 Å². The van der Waals surface area contributed by atoms with Crippen LogP contribution in [0, 0.1) is 0 Å². The number of rotatable bonds is 7. The molecule has 0 spiro atoms. The molecule has 0 bridgehead atoms. The smallest absolute Gasteiger partial charge is 0.315 e. The first-order valence-corrected chi connectivity index (χ1v) is 7.84. The predicted molar refractivity (Wildman–Crippen MR) is 92.3 cm³/mol. The lowest BCUT2D eigenvalue weighted by molar-refractivity contribution is -0.128. The summed E-state index contributed by atoms with van der Waals surface area (Å²) in [6.07, 6.45) is 2.42. The number of amides is 3. The topological polar surface area (TPSA) is 74.3 Å². The van der Waals surface area contributed by atoms with Crippen LogP contribution in [0.2, 0.25) is 0 Å². The van der Waals surface area contributed by atoms with Gasteiger partial charge < -0.3 is 15.5 Å². The van der Waals surface area contributed by atoms with Crippen molar-refractivity contribution in [3.63, 3.8) is 0 Å². The molecule has 0 saturated carbocycles. The van der Waals surface area contributed by atoms with Crippen molar-refractivity contribution in [3.05, 3.63) is 66.0 Å². The maximum Gasteiger partial charge on any atom is 0.315 e. The fourth-order valence-electron chi connectivity index (χ4n) is 2.08. The van der Waals surface area contributed by atoms with Crippen molar-refractivity contribution in [2.24, 2.45) is 0 Å². The zero-order valence-electron chi connectivity index (χ0n) is 13.7. The molecule has 1 heterocycles. The molecule has 2 N–H and O–H groups in total. The summed E-state index contributed by atoms with van der Waals surface area (Å²) in [5, 5.41) is 5.30. The van der Waals surface area contributed by atoms with E-state index in [4.69, 9.17) is 0 Å². The number of nitrogens with one attached hydrogen (secondary N) is 2. The van der Waals surface area contributed by atoms with Gasteiger partial charge in [0.05, 0.1) is 6.54 Å². The molecule has 126 valence electrons. The van der Waals surface area contributed by atoms with Crippen LogP contribution < -0.4 is 10.6 Å². The summed E-state index contributed by atoms with van der Waals surface area (Å²) in [7, 11) is 1.72. The van der Waals surface area contributed by atoms with E-state index in [0.29, 0.717) is 19.5 Å². The SMILES string of the molecule is CN(CCc1ccccn1)C(=O)CNC(=O)NCc1ccccc1. The fraction of sp³-hybridized carbons (Fsp3) is 0.278. The van der Waals surface area contributed by atoms with Gasteiger partial charge in [0.2, 0.25) is 5.91 Å². The highest BCUT2D eigenvalue weighted by atomic mass is 16.2. The molecule has 24 heavy (non-hydrogen) atoms. The third-order valence-corrected chi connectivity index (χ3v) is 3.55. The van der Waals surface area contributed by atoms with Crippen molar-refractivity contribution < 1.29 is 9.59 Å². The molecule has 0 saturated heterocycles. The van der Waals surface area contributed by atoms with E-state index in [1.165, 1.54) is 0 Å². The molecule has 6 nitrogen and oxygen atoms in total. The Balaban J connectivity index is 1.65. The van der Waals surface area contributed by atoms with Crippen molar-refractivity contribution in [2.75, 3.05) is 20.1 Å². The highest BCUT2D eigenvalue weighted by Gasteiger charge is 2.10. The summed E-state index contributed by atoms with van der Waals surface area (Å²) in [5.74, 6) is -0.138. The Bertz CT molecular complexity index is 647. The van der Waals surface area contributed by atoms with Crippen molar-refractivity contribution in [1.29, 1.82) is 0 Å². The first kappa shape index (κ1) is 17.5. The standard InChI is InChI=1S/C18H22N4O2/c1-22(12-10-16-9-5-6-11-19-16)17(23)14-21-18(24)20-13-15-7-3-2-4-8-15/h2-9,11H,10,12-14H2,1H3,(H2,20,21,24). The van der Waals surface area contributed by atoms with E-state index in [0.717, 1.165) is 11.3 Å². The number of benzene rings is 1. The van der Waals surface area contributed by atoms with Crippen LogP contribution in [0.25, 0.3) is 0 Å². The lowest BCUT2D eigenvalue weighted by Gasteiger charge is -2.17. The first-order chi connectivity index (χ1) is 11.6. The normalized spacial score (nSPS) is 10.0. The molecule has 0 aliphatic heterocycles. The minimum Gasteiger partial charge on any atom is -0.344 e. The number of carbonyl (C=O) groups is 2. The molecule has 6 heteroatoms. The lowest BCUT2D eigenvalue weighted by atomic mass is 10.2. The second-order valence-corrected chi connectivity index (χ2v) is 5.41. The van der Waals surface area contributed by atoms with E-state index in [9.17, 15) is 9.59 Å². The first-order valence-electron chi connectivity index (χ1n) is 7.84. The summed E-state index contributed by atoms with van der Waals surface area (Å²) >= 11 is 0. The molecule has 0 aliphatic carbocycles. The third-order valence-electron chi connectivity index (χ3n) is 3.55. The van der Waals surface area contributed by atoms with Gasteiger partial charge in [0.1, 0.15) is 0 Å². The number of hydrogen-bond acceptors (Lipinski definition) is 3. The lowest BCUT2D eigenvalue weighted by Crippen LogP contribution is -2.42. The predicted octanol–water partition coefficient (Wildman–Crippen LogP) is 1.58. The quantitative estimate of drug-likeness (QED) is 0.811. The summed E-state index contributed by atoms with van der Waals surface area (Å²) in [6, 6.07) is 14.9. The maximum atomic E-state index is 12.0. The summed E-state index contributed by atoms with van der Waals surface area (Å²) < 4.78 is 0. The van der Waals surface area contributed by atoms with Crippen LogP contribution in [0.5, 0.6) is 0 Å². The third kappa shape index (κ3) is 6.08. The van der Waals surface area contributed by atoms with E-state index in [-0.39, 0.29) is 18.5 Å². The molecular formula is C18H22N4O2. The van der Waals surface area contributed by atoms with E-state index in [1.807, 2.05) is 48.5 Å². The average Bonchev–Trinajstić information content (AvgIpc) is 2.64. The van der Waals surface area contributed by atoms with Crippen LogP contribution in [0.3, 0.4) is 0 Å². The number of pyridine rings is 1. The number of likely N-dealkylation sites (N-methyl/N-ethyl adjacent to an activating group) is 1. The van der Waals surface area contributed by atoms with Crippen molar-refractivity contribution in [2.45, 2.75) is 13.0 Å². The van der Waals surface area contributed by atoms with Gasteiger partial charge in [-0.05, 0) is 17.7 Å². The number of aromatic nitrogens is 1. The van der Waals surface area contributed by atoms with Crippen molar-refractivity contribution in [1.82, 2.24) is 20.5 Å². The van der Waals surface area contributed by atoms with Gasteiger partial charge in [0.25, 0.3) is 0 Å². The minimum absolute atomic E-state index is 0.0284. The number of nitrogens with zero attached hydrogens (tertiary/aromatic N) is 2. The maximum absolute atomic E-state index is 12.0. The molecule has 2 rings (SSSR count). The Morgan fingerprint density at radius 2 is 1.79 bits per heavy atom. The Kier molecular flexibility index (Phi) is 6.76. The second-order valence-electron chi connectivity index (χ2n) is 5.41. The van der Waals surface area contributed by atoms with Crippen molar-refractivity contribution >= 4 is 11.9 Å². The molecule has 0 radical (unpaired) electrons. The van der Waals surface area contributed by atoms with Gasteiger partial charge in [-0.1, -0.05) is 36.4 Å². The highest BCUT2D eigenvalue weighted by molar-refractivity contribution is 5.83. The van der Waals surface area contributed by atoms with Gasteiger partial charge >= 0.3 is 6.03 Å². The molecule has 0 unspecified atom stereocenters. The Morgan fingerprint density at radius 3 is 2.50 bits per heavy atom. The van der Waals surface area contributed by atoms with Crippen molar-refractivity contribution in [3.8, 4) is 0 Å². The summed E-state index contributed by atoms with van der Waals surface area (Å²) in [5.41, 5.74) is 1.94. The monoisotopic (exact) mass is 326 g/mol. The Morgan fingerprint density at radius 1 is 1.04 bits per heavy atom. The molecule has 1 aromatic carbocycles. The summed E-state index contributed by atoms with van der Waals surface area (Å²) in [6.45, 7) is 0.957. The summed E-state index contributed by atoms with van der Waals surface area (Å²) in [4.78, 5) is 29.5. The van der Waals surface area contributed by atoms with Crippen LogP contribution in [-0.4, -0.2) is 42.0 Å². The van der Waals surface area contributed by atoms with Gasteiger partial charge in [-0.15, -0.1) is 0 Å². The molecule has 1 aromatic heterocycles. The molecule has 2 aromatic rings. The molecular weight excluding hydrogens is 304 g/mol.